The van der Waals surface area contributed by atoms with E-state index < -0.39 is 11.5 Å². The standard InChI is InChI=1S/C11H12BrF2NO/c12-8-1-6-15-9(7-8)10(16)2-4-11(13,14)5-3-10/h1,6-7,16H,2-5H2. The quantitative estimate of drug-likeness (QED) is 0.862. The molecular formula is C11H12BrF2NO. The molecule has 1 fully saturated rings. The van der Waals surface area contributed by atoms with Gasteiger partial charge in [-0.15, -0.1) is 0 Å². The van der Waals surface area contributed by atoms with E-state index in [0.717, 1.165) is 4.47 Å². The van der Waals surface area contributed by atoms with E-state index in [1.54, 1.807) is 18.3 Å². The third-order valence-corrected chi connectivity index (χ3v) is 3.50. The second-order valence-corrected chi connectivity index (χ2v) is 5.16. The largest absolute Gasteiger partial charge is 0.384 e. The molecule has 0 radical (unpaired) electrons. The second kappa shape index (κ2) is 4.04. The van der Waals surface area contributed by atoms with Crippen LogP contribution in [0.3, 0.4) is 0 Å². The van der Waals surface area contributed by atoms with Gasteiger partial charge in [0.05, 0.1) is 5.69 Å². The Labute approximate surface area is 101 Å². The number of aromatic nitrogens is 1. The molecule has 0 spiro atoms. The number of hydrogen-bond donors (Lipinski definition) is 1. The highest BCUT2D eigenvalue weighted by atomic mass is 79.9. The Balaban J connectivity index is 2.21. The average Bonchev–Trinajstić information content (AvgIpc) is 2.23. The molecule has 16 heavy (non-hydrogen) atoms. The molecule has 0 aromatic carbocycles. The van der Waals surface area contributed by atoms with Gasteiger partial charge >= 0.3 is 0 Å². The highest BCUT2D eigenvalue weighted by Crippen LogP contribution is 2.43. The molecule has 0 atom stereocenters. The topological polar surface area (TPSA) is 33.1 Å². The number of aliphatic hydroxyl groups is 1. The van der Waals surface area contributed by atoms with Crippen LogP contribution < -0.4 is 0 Å². The molecule has 0 bridgehead atoms. The molecular weight excluding hydrogens is 280 g/mol. The monoisotopic (exact) mass is 291 g/mol. The maximum atomic E-state index is 13.0. The van der Waals surface area contributed by atoms with Crippen molar-refractivity contribution in [2.45, 2.75) is 37.2 Å². The summed E-state index contributed by atoms with van der Waals surface area (Å²) in [6, 6.07) is 3.42. The van der Waals surface area contributed by atoms with E-state index in [4.69, 9.17) is 0 Å². The fraction of sp³-hybridized carbons (Fsp3) is 0.545. The van der Waals surface area contributed by atoms with Crippen molar-refractivity contribution in [1.82, 2.24) is 4.98 Å². The molecule has 2 nitrogen and oxygen atoms in total. The number of rotatable bonds is 1. The Morgan fingerprint density at radius 1 is 1.25 bits per heavy atom. The summed E-state index contributed by atoms with van der Waals surface area (Å²) in [4.78, 5) is 4.06. The third kappa shape index (κ3) is 2.40. The SMILES string of the molecule is OC1(c2cc(Br)ccn2)CCC(F)(F)CC1. The van der Waals surface area contributed by atoms with Gasteiger partial charge in [-0.1, -0.05) is 15.9 Å². The van der Waals surface area contributed by atoms with Gasteiger partial charge in [-0.05, 0) is 25.0 Å². The molecule has 2 rings (SSSR count). The zero-order chi connectivity index (χ0) is 11.8. The van der Waals surface area contributed by atoms with Gasteiger partial charge in [0.25, 0.3) is 0 Å². The van der Waals surface area contributed by atoms with Gasteiger partial charge in [0.15, 0.2) is 0 Å². The molecule has 0 saturated heterocycles. The van der Waals surface area contributed by atoms with Crippen LogP contribution in [0.4, 0.5) is 8.78 Å². The molecule has 1 aromatic heterocycles. The van der Waals surface area contributed by atoms with Crippen LogP contribution in [0.2, 0.25) is 0 Å². The van der Waals surface area contributed by atoms with Crippen LogP contribution in [0.1, 0.15) is 31.4 Å². The molecule has 0 unspecified atom stereocenters. The summed E-state index contributed by atoms with van der Waals surface area (Å²) in [5.41, 5.74) is -0.733. The minimum Gasteiger partial charge on any atom is -0.384 e. The lowest BCUT2D eigenvalue weighted by Crippen LogP contribution is -2.37. The Hall–Kier alpha value is -0.550. The molecule has 88 valence electrons. The highest BCUT2D eigenvalue weighted by Gasteiger charge is 2.43. The van der Waals surface area contributed by atoms with Crippen LogP contribution >= 0.6 is 15.9 Å². The van der Waals surface area contributed by atoms with Gasteiger partial charge in [0, 0.05) is 23.5 Å². The van der Waals surface area contributed by atoms with E-state index >= 15 is 0 Å². The lowest BCUT2D eigenvalue weighted by molar-refractivity contribution is -0.108. The summed E-state index contributed by atoms with van der Waals surface area (Å²) in [6.45, 7) is 0. The maximum Gasteiger partial charge on any atom is 0.248 e. The summed E-state index contributed by atoms with van der Waals surface area (Å²) < 4.78 is 26.8. The minimum atomic E-state index is -2.64. The average molecular weight is 292 g/mol. The summed E-state index contributed by atoms with van der Waals surface area (Å²) in [7, 11) is 0. The first-order chi connectivity index (χ1) is 7.41. The molecule has 1 aliphatic carbocycles. The Kier molecular flexibility index (Phi) is 3.01. The number of nitrogens with zero attached hydrogens (tertiary/aromatic N) is 1. The zero-order valence-electron chi connectivity index (χ0n) is 8.59. The van der Waals surface area contributed by atoms with Gasteiger partial charge < -0.3 is 5.11 Å². The van der Waals surface area contributed by atoms with E-state index in [2.05, 4.69) is 20.9 Å². The number of hydrogen-bond acceptors (Lipinski definition) is 2. The lowest BCUT2D eigenvalue weighted by atomic mass is 9.80. The Morgan fingerprint density at radius 3 is 2.44 bits per heavy atom. The van der Waals surface area contributed by atoms with Crippen molar-refractivity contribution in [2.75, 3.05) is 0 Å². The van der Waals surface area contributed by atoms with Crippen molar-refractivity contribution < 1.29 is 13.9 Å². The van der Waals surface area contributed by atoms with Crippen molar-refractivity contribution in [1.29, 1.82) is 0 Å². The molecule has 1 N–H and O–H groups in total. The van der Waals surface area contributed by atoms with Gasteiger partial charge in [-0.2, -0.15) is 0 Å². The molecule has 1 aromatic rings. The molecule has 1 saturated carbocycles. The van der Waals surface area contributed by atoms with Gasteiger partial charge in [-0.3, -0.25) is 4.98 Å². The zero-order valence-corrected chi connectivity index (χ0v) is 10.2. The van der Waals surface area contributed by atoms with Crippen molar-refractivity contribution in [3.63, 3.8) is 0 Å². The van der Waals surface area contributed by atoms with Crippen LogP contribution in [0.5, 0.6) is 0 Å². The van der Waals surface area contributed by atoms with Gasteiger partial charge in [0.2, 0.25) is 5.92 Å². The van der Waals surface area contributed by atoms with Crippen LogP contribution in [-0.4, -0.2) is 16.0 Å². The molecule has 1 heterocycles. The fourth-order valence-corrected chi connectivity index (χ4v) is 2.28. The number of pyridine rings is 1. The van der Waals surface area contributed by atoms with Crippen LogP contribution in [-0.2, 0) is 5.60 Å². The van der Waals surface area contributed by atoms with E-state index in [1.165, 1.54) is 0 Å². The van der Waals surface area contributed by atoms with Crippen molar-refractivity contribution in [2.24, 2.45) is 0 Å². The van der Waals surface area contributed by atoms with Crippen LogP contribution in [0, 0.1) is 0 Å². The first kappa shape index (κ1) is 11.9. The third-order valence-electron chi connectivity index (χ3n) is 3.01. The van der Waals surface area contributed by atoms with Crippen molar-refractivity contribution in [3.05, 3.63) is 28.5 Å². The molecule has 0 aliphatic heterocycles. The van der Waals surface area contributed by atoms with E-state index in [1.807, 2.05) is 0 Å². The molecule has 0 amide bonds. The first-order valence-corrected chi connectivity index (χ1v) is 5.93. The second-order valence-electron chi connectivity index (χ2n) is 4.25. The highest BCUT2D eigenvalue weighted by molar-refractivity contribution is 9.10. The van der Waals surface area contributed by atoms with Crippen molar-refractivity contribution in [3.8, 4) is 0 Å². The number of halogens is 3. The van der Waals surface area contributed by atoms with E-state index in [9.17, 15) is 13.9 Å². The Bertz CT molecular complexity index is 387. The van der Waals surface area contributed by atoms with Gasteiger partial charge in [-0.25, -0.2) is 8.78 Å². The Morgan fingerprint density at radius 2 is 1.88 bits per heavy atom. The van der Waals surface area contributed by atoms with E-state index in [-0.39, 0.29) is 25.7 Å². The van der Waals surface area contributed by atoms with Crippen molar-refractivity contribution >= 4 is 15.9 Å². The summed E-state index contributed by atoms with van der Waals surface area (Å²) in [6.07, 6.45) is 1.12. The van der Waals surface area contributed by atoms with E-state index in [0.29, 0.717) is 5.69 Å². The van der Waals surface area contributed by atoms with Gasteiger partial charge in [0.1, 0.15) is 5.60 Å². The fourth-order valence-electron chi connectivity index (χ4n) is 1.94. The van der Waals surface area contributed by atoms with Crippen LogP contribution in [0.15, 0.2) is 22.8 Å². The summed E-state index contributed by atoms with van der Waals surface area (Å²) in [5, 5.41) is 10.3. The predicted molar refractivity (Wildman–Crippen MR) is 59.2 cm³/mol. The lowest BCUT2D eigenvalue weighted by Gasteiger charge is -2.35. The smallest absolute Gasteiger partial charge is 0.248 e. The first-order valence-electron chi connectivity index (χ1n) is 5.14. The molecule has 5 heteroatoms. The van der Waals surface area contributed by atoms with Crippen LogP contribution in [0.25, 0.3) is 0 Å². The number of alkyl halides is 2. The summed E-state index contributed by atoms with van der Waals surface area (Å²) in [5.74, 6) is -2.64. The maximum absolute atomic E-state index is 13.0. The normalized spacial score (nSPS) is 23.0. The molecule has 1 aliphatic rings. The minimum absolute atomic E-state index is 0.0590. The predicted octanol–water partition coefficient (Wildman–Crippen LogP) is 3.24. The summed E-state index contributed by atoms with van der Waals surface area (Å²) >= 11 is 3.28.